The van der Waals surface area contributed by atoms with Crippen LogP contribution in [0.25, 0.3) is 0 Å². The standard InChI is InChI=1S/C20H22N4O4/c1-14(25)23-9-11-24(12-10-23)17-7-8-21-18(13-17)19(26)22-16-5-3-15(4-6-16)20(27)28-2/h3-8,13H,9-12H2,1-2H3,(H,22,26). The quantitative estimate of drug-likeness (QED) is 0.811. The molecule has 0 aliphatic carbocycles. The zero-order valence-corrected chi connectivity index (χ0v) is 15.8. The summed E-state index contributed by atoms with van der Waals surface area (Å²) in [7, 11) is 1.32. The van der Waals surface area contributed by atoms with E-state index in [1.54, 1.807) is 43.5 Å². The number of hydrogen-bond acceptors (Lipinski definition) is 6. The maximum absolute atomic E-state index is 12.5. The molecule has 8 heteroatoms. The van der Waals surface area contributed by atoms with Crippen LogP contribution in [0.4, 0.5) is 11.4 Å². The maximum Gasteiger partial charge on any atom is 0.337 e. The number of nitrogens with one attached hydrogen (secondary N) is 1. The molecule has 28 heavy (non-hydrogen) atoms. The van der Waals surface area contributed by atoms with E-state index in [0.29, 0.717) is 43.1 Å². The van der Waals surface area contributed by atoms with Crippen molar-refractivity contribution in [2.45, 2.75) is 6.92 Å². The number of nitrogens with zero attached hydrogens (tertiary/aromatic N) is 3. The normalized spacial score (nSPS) is 13.8. The largest absolute Gasteiger partial charge is 0.465 e. The number of carbonyl (C=O) groups is 3. The first-order chi connectivity index (χ1) is 13.5. The van der Waals surface area contributed by atoms with Crippen LogP contribution in [-0.4, -0.2) is 61.0 Å². The molecule has 146 valence electrons. The van der Waals surface area contributed by atoms with Crippen molar-refractivity contribution >= 4 is 29.2 Å². The summed E-state index contributed by atoms with van der Waals surface area (Å²) in [5.74, 6) is -0.695. The third-order valence-electron chi connectivity index (χ3n) is 4.63. The van der Waals surface area contributed by atoms with Gasteiger partial charge in [0.1, 0.15) is 5.69 Å². The molecule has 1 fully saturated rings. The average Bonchev–Trinajstić information content (AvgIpc) is 2.74. The number of rotatable bonds is 4. The van der Waals surface area contributed by atoms with E-state index in [-0.39, 0.29) is 11.8 Å². The van der Waals surface area contributed by atoms with Crippen molar-refractivity contribution in [2.75, 3.05) is 43.5 Å². The van der Waals surface area contributed by atoms with Gasteiger partial charge in [0, 0.05) is 50.7 Å². The second-order valence-corrected chi connectivity index (χ2v) is 6.42. The van der Waals surface area contributed by atoms with Gasteiger partial charge in [0.05, 0.1) is 12.7 Å². The molecule has 8 nitrogen and oxygen atoms in total. The van der Waals surface area contributed by atoms with Crippen LogP contribution >= 0.6 is 0 Å². The number of benzene rings is 1. The van der Waals surface area contributed by atoms with Crippen molar-refractivity contribution in [1.29, 1.82) is 0 Å². The molecule has 0 atom stereocenters. The van der Waals surface area contributed by atoms with Gasteiger partial charge in [-0.3, -0.25) is 14.6 Å². The Morgan fingerprint density at radius 1 is 1.04 bits per heavy atom. The van der Waals surface area contributed by atoms with E-state index in [0.717, 1.165) is 5.69 Å². The molecule has 1 aromatic heterocycles. The van der Waals surface area contributed by atoms with Crippen molar-refractivity contribution in [1.82, 2.24) is 9.88 Å². The zero-order chi connectivity index (χ0) is 20.1. The lowest BCUT2D eigenvalue weighted by Crippen LogP contribution is -2.48. The Labute approximate surface area is 163 Å². The predicted octanol–water partition coefficient (Wildman–Crippen LogP) is 1.79. The zero-order valence-electron chi connectivity index (χ0n) is 15.8. The number of ether oxygens (including phenoxy) is 1. The molecule has 1 aromatic carbocycles. The number of amides is 2. The summed E-state index contributed by atoms with van der Waals surface area (Å²) in [6, 6.07) is 10.0. The smallest absolute Gasteiger partial charge is 0.337 e. The van der Waals surface area contributed by atoms with E-state index in [1.165, 1.54) is 7.11 Å². The maximum atomic E-state index is 12.5. The highest BCUT2D eigenvalue weighted by Gasteiger charge is 2.20. The van der Waals surface area contributed by atoms with Crippen LogP contribution in [0.15, 0.2) is 42.6 Å². The van der Waals surface area contributed by atoms with Crippen LogP contribution in [0.3, 0.4) is 0 Å². The van der Waals surface area contributed by atoms with Gasteiger partial charge in [-0.2, -0.15) is 0 Å². The molecule has 0 saturated carbocycles. The fourth-order valence-corrected chi connectivity index (χ4v) is 3.02. The number of anilines is 2. The number of piperazine rings is 1. The van der Waals surface area contributed by atoms with Gasteiger partial charge in [-0.05, 0) is 36.4 Å². The second-order valence-electron chi connectivity index (χ2n) is 6.42. The lowest BCUT2D eigenvalue weighted by molar-refractivity contribution is -0.129. The monoisotopic (exact) mass is 382 g/mol. The van der Waals surface area contributed by atoms with Crippen LogP contribution in [0.2, 0.25) is 0 Å². The van der Waals surface area contributed by atoms with Crippen LogP contribution in [0.5, 0.6) is 0 Å². The fraction of sp³-hybridized carbons (Fsp3) is 0.300. The summed E-state index contributed by atoms with van der Waals surface area (Å²) in [5, 5.41) is 2.77. The van der Waals surface area contributed by atoms with Gasteiger partial charge in [0.25, 0.3) is 5.91 Å². The summed E-state index contributed by atoms with van der Waals surface area (Å²) in [6.45, 7) is 4.30. The number of esters is 1. The second kappa shape index (κ2) is 8.51. The van der Waals surface area contributed by atoms with Gasteiger partial charge in [0.15, 0.2) is 0 Å². The van der Waals surface area contributed by atoms with E-state index < -0.39 is 5.97 Å². The van der Waals surface area contributed by atoms with Crippen LogP contribution in [0.1, 0.15) is 27.8 Å². The summed E-state index contributed by atoms with van der Waals surface area (Å²) >= 11 is 0. The molecule has 0 unspecified atom stereocenters. The Kier molecular flexibility index (Phi) is 5.88. The first-order valence-electron chi connectivity index (χ1n) is 8.94. The predicted molar refractivity (Wildman–Crippen MR) is 104 cm³/mol. The van der Waals surface area contributed by atoms with Crippen LogP contribution < -0.4 is 10.2 Å². The van der Waals surface area contributed by atoms with E-state index in [4.69, 9.17) is 0 Å². The number of pyridine rings is 1. The molecular formula is C20H22N4O4. The van der Waals surface area contributed by atoms with Crippen LogP contribution in [0, 0.1) is 0 Å². The summed E-state index contributed by atoms with van der Waals surface area (Å²) in [5.41, 5.74) is 2.15. The molecular weight excluding hydrogens is 360 g/mol. The molecule has 1 saturated heterocycles. The number of methoxy groups -OCH3 is 1. The Morgan fingerprint density at radius 3 is 2.32 bits per heavy atom. The number of carbonyl (C=O) groups excluding carboxylic acids is 3. The van der Waals surface area contributed by atoms with E-state index in [9.17, 15) is 14.4 Å². The van der Waals surface area contributed by atoms with Crippen molar-refractivity contribution in [3.63, 3.8) is 0 Å². The minimum absolute atomic E-state index is 0.0765. The highest BCUT2D eigenvalue weighted by Crippen LogP contribution is 2.18. The highest BCUT2D eigenvalue weighted by molar-refractivity contribution is 6.03. The number of hydrogen-bond donors (Lipinski definition) is 1. The molecule has 0 radical (unpaired) electrons. The molecule has 2 heterocycles. The summed E-state index contributed by atoms with van der Waals surface area (Å²) in [4.78, 5) is 43.5. The minimum Gasteiger partial charge on any atom is -0.465 e. The molecule has 2 aromatic rings. The Balaban J connectivity index is 1.66. The first kappa shape index (κ1) is 19.3. The molecule has 0 bridgehead atoms. The molecule has 1 N–H and O–H groups in total. The van der Waals surface area contributed by atoms with E-state index in [1.807, 2.05) is 11.0 Å². The van der Waals surface area contributed by atoms with Crippen molar-refractivity contribution < 1.29 is 19.1 Å². The first-order valence-corrected chi connectivity index (χ1v) is 8.94. The molecule has 3 rings (SSSR count). The topological polar surface area (TPSA) is 91.8 Å². The van der Waals surface area contributed by atoms with Gasteiger partial charge < -0.3 is 19.9 Å². The van der Waals surface area contributed by atoms with Gasteiger partial charge in [-0.25, -0.2) is 4.79 Å². The minimum atomic E-state index is -0.433. The van der Waals surface area contributed by atoms with Gasteiger partial charge in [-0.15, -0.1) is 0 Å². The average molecular weight is 382 g/mol. The Hall–Kier alpha value is -3.42. The molecule has 1 aliphatic rings. The van der Waals surface area contributed by atoms with Crippen LogP contribution in [-0.2, 0) is 9.53 Å². The summed E-state index contributed by atoms with van der Waals surface area (Å²) in [6.07, 6.45) is 1.60. The van der Waals surface area contributed by atoms with Crippen molar-refractivity contribution in [3.8, 4) is 0 Å². The van der Waals surface area contributed by atoms with Gasteiger partial charge >= 0.3 is 5.97 Å². The van der Waals surface area contributed by atoms with Gasteiger partial charge in [0.2, 0.25) is 5.91 Å². The molecule has 2 amide bonds. The third-order valence-corrected chi connectivity index (χ3v) is 4.63. The summed E-state index contributed by atoms with van der Waals surface area (Å²) < 4.78 is 4.65. The molecule has 1 aliphatic heterocycles. The number of aromatic nitrogens is 1. The van der Waals surface area contributed by atoms with E-state index in [2.05, 4.69) is 19.9 Å². The Bertz CT molecular complexity index is 874. The fourth-order valence-electron chi connectivity index (χ4n) is 3.02. The van der Waals surface area contributed by atoms with Crippen molar-refractivity contribution in [2.24, 2.45) is 0 Å². The SMILES string of the molecule is COC(=O)c1ccc(NC(=O)c2cc(N3CCN(C(C)=O)CC3)ccn2)cc1. The molecule has 0 spiro atoms. The van der Waals surface area contributed by atoms with E-state index >= 15 is 0 Å². The third kappa shape index (κ3) is 4.46. The lowest BCUT2D eigenvalue weighted by Gasteiger charge is -2.35. The van der Waals surface area contributed by atoms with Gasteiger partial charge in [-0.1, -0.05) is 0 Å². The Morgan fingerprint density at radius 2 is 1.71 bits per heavy atom. The van der Waals surface area contributed by atoms with Crippen molar-refractivity contribution in [3.05, 3.63) is 53.9 Å². The lowest BCUT2D eigenvalue weighted by atomic mass is 10.2. The highest BCUT2D eigenvalue weighted by atomic mass is 16.5.